The fraction of sp³-hybridized carbons (Fsp3) is 0.500. The second-order valence-electron chi connectivity index (χ2n) is 4.18. The third-order valence-electron chi connectivity index (χ3n) is 2.60. The van der Waals surface area contributed by atoms with Gasteiger partial charge in [-0.05, 0) is 37.5 Å². The number of rotatable bonds is 6. The Morgan fingerprint density at radius 1 is 1.31 bits per heavy atom. The van der Waals surface area contributed by atoms with Gasteiger partial charge in [0.1, 0.15) is 5.78 Å². The molecule has 0 heterocycles. The van der Waals surface area contributed by atoms with Crippen LogP contribution in [0.5, 0.6) is 0 Å². The van der Waals surface area contributed by atoms with Crippen LogP contribution < -0.4 is 0 Å². The Labute approximate surface area is 103 Å². The van der Waals surface area contributed by atoms with Gasteiger partial charge in [-0.1, -0.05) is 26.0 Å². The van der Waals surface area contributed by atoms with E-state index in [2.05, 4.69) is 38.1 Å². The lowest BCUT2D eigenvalue weighted by atomic mass is 10.1. The molecule has 88 valence electrons. The van der Waals surface area contributed by atoms with Gasteiger partial charge in [0.2, 0.25) is 0 Å². The summed E-state index contributed by atoms with van der Waals surface area (Å²) >= 11 is 1.91. The van der Waals surface area contributed by atoms with Crippen LogP contribution in [0, 0.1) is 0 Å². The van der Waals surface area contributed by atoms with Gasteiger partial charge in [-0.15, -0.1) is 11.8 Å². The Hall–Kier alpha value is -0.760. The fourth-order valence-electron chi connectivity index (χ4n) is 1.37. The van der Waals surface area contributed by atoms with E-state index in [-0.39, 0.29) is 5.78 Å². The van der Waals surface area contributed by atoms with Gasteiger partial charge in [-0.2, -0.15) is 0 Å². The summed E-state index contributed by atoms with van der Waals surface area (Å²) in [6.07, 6.45) is 2.71. The zero-order valence-corrected chi connectivity index (χ0v) is 11.1. The molecule has 0 aromatic heterocycles. The van der Waals surface area contributed by atoms with Crippen molar-refractivity contribution in [2.75, 3.05) is 0 Å². The Balaban J connectivity index is 2.50. The first-order valence-corrected chi connectivity index (χ1v) is 6.74. The predicted octanol–water partition coefficient (Wildman–Crippen LogP) is 4.10. The second kappa shape index (κ2) is 6.74. The standard InChI is InChI=1S/C14H20OS/c1-4-12(3)16-14-9-7-13(8-10-14)6-5-11(2)15/h7-10,12H,4-6H2,1-3H3. The highest BCUT2D eigenvalue weighted by molar-refractivity contribution is 7.99. The van der Waals surface area contributed by atoms with E-state index in [4.69, 9.17) is 0 Å². The third kappa shape index (κ3) is 4.84. The van der Waals surface area contributed by atoms with E-state index in [1.165, 1.54) is 16.9 Å². The van der Waals surface area contributed by atoms with E-state index in [1.54, 1.807) is 6.92 Å². The molecule has 1 aromatic carbocycles. The van der Waals surface area contributed by atoms with Gasteiger partial charge >= 0.3 is 0 Å². The normalized spacial score (nSPS) is 12.4. The highest BCUT2D eigenvalue weighted by Crippen LogP contribution is 2.25. The molecular weight excluding hydrogens is 216 g/mol. The number of Topliss-reactive ketones (excluding diaryl/α,β-unsaturated/α-hetero) is 1. The number of thioether (sulfide) groups is 1. The number of aryl methyl sites for hydroxylation is 1. The quantitative estimate of drug-likeness (QED) is 0.692. The summed E-state index contributed by atoms with van der Waals surface area (Å²) in [5.41, 5.74) is 1.25. The fourth-order valence-corrected chi connectivity index (χ4v) is 2.30. The molecule has 2 heteroatoms. The first kappa shape index (κ1) is 13.3. The van der Waals surface area contributed by atoms with Crippen LogP contribution >= 0.6 is 11.8 Å². The van der Waals surface area contributed by atoms with Crippen molar-refractivity contribution in [3.63, 3.8) is 0 Å². The maximum Gasteiger partial charge on any atom is 0.130 e. The van der Waals surface area contributed by atoms with E-state index in [0.29, 0.717) is 11.7 Å². The Bertz CT molecular complexity index is 329. The number of hydrogen-bond donors (Lipinski definition) is 0. The molecule has 0 radical (unpaired) electrons. The van der Waals surface area contributed by atoms with Crippen LogP contribution in [0.15, 0.2) is 29.2 Å². The monoisotopic (exact) mass is 236 g/mol. The molecule has 0 fully saturated rings. The maximum absolute atomic E-state index is 10.9. The summed E-state index contributed by atoms with van der Waals surface area (Å²) in [6, 6.07) is 8.58. The zero-order valence-electron chi connectivity index (χ0n) is 10.3. The van der Waals surface area contributed by atoms with Gasteiger partial charge in [0.05, 0.1) is 0 Å². The zero-order chi connectivity index (χ0) is 12.0. The molecule has 0 N–H and O–H groups in total. The SMILES string of the molecule is CCC(C)Sc1ccc(CCC(C)=O)cc1. The van der Waals surface area contributed by atoms with Crippen LogP contribution in [0.4, 0.5) is 0 Å². The molecule has 1 atom stereocenters. The smallest absolute Gasteiger partial charge is 0.130 e. The maximum atomic E-state index is 10.9. The summed E-state index contributed by atoms with van der Waals surface area (Å²) in [4.78, 5) is 12.2. The molecule has 1 unspecified atom stereocenters. The second-order valence-corrected chi connectivity index (χ2v) is 5.69. The lowest BCUT2D eigenvalue weighted by Gasteiger charge is -2.08. The number of carbonyl (C=O) groups is 1. The van der Waals surface area contributed by atoms with Gasteiger partial charge in [0, 0.05) is 16.6 Å². The predicted molar refractivity (Wildman–Crippen MR) is 71.1 cm³/mol. The first-order valence-electron chi connectivity index (χ1n) is 5.87. The molecule has 0 aliphatic carbocycles. The van der Waals surface area contributed by atoms with Crippen molar-refractivity contribution in [2.45, 2.75) is 50.2 Å². The van der Waals surface area contributed by atoms with Gasteiger partial charge < -0.3 is 4.79 Å². The molecule has 1 nitrogen and oxygen atoms in total. The van der Waals surface area contributed by atoms with Gasteiger partial charge in [0.15, 0.2) is 0 Å². The van der Waals surface area contributed by atoms with Gasteiger partial charge in [-0.3, -0.25) is 0 Å². The van der Waals surface area contributed by atoms with Crippen molar-refractivity contribution in [1.82, 2.24) is 0 Å². The van der Waals surface area contributed by atoms with E-state index in [0.717, 1.165) is 6.42 Å². The summed E-state index contributed by atoms with van der Waals surface area (Å²) in [6.45, 7) is 6.10. The Kier molecular flexibility index (Phi) is 5.61. The molecule has 16 heavy (non-hydrogen) atoms. The molecule has 0 aliphatic rings. The van der Waals surface area contributed by atoms with Crippen molar-refractivity contribution in [1.29, 1.82) is 0 Å². The summed E-state index contributed by atoms with van der Waals surface area (Å²) in [5.74, 6) is 0.262. The minimum absolute atomic E-state index is 0.262. The summed E-state index contributed by atoms with van der Waals surface area (Å²) < 4.78 is 0. The molecular formula is C14H20OS. The highest BCUT2D eigenvalue weighted by Gasteiger charge is 2.02. The van der Waals surface area contributed by atoms with Crippen molar-refractivity contribution in [3.05, 3.63) is 29.8 Å². The van der Waals surface area contributed by atoms with Crippen molar-refractivity contribution in [2.24, 2.45) is 0 Å². The summed E-state index contributed by atoms with van der Waals surface area (Å²) in [5, 5.41) is 0.670. The van der Waals surface area contributed by atoms with Crippen LogP contribution in [0.25, 0.3) is 0 Å². The van der Waals surface area contributed by atoms with Crippen molar-refractivity contribution >= 4 is 17.5 Å². The first-order chi connectivity index (χ1) is 7.61. The molecule has 1 aromatic rings. The minimum atomic E-state index is 0.262. The summed E-state index contributed by atoms with van der Waals surface area (Å²) in [7, 11) is 0. The molecule has 0 saturated carbocycles. The van der Waals surface area contributed by atoms with Crippen LogP contribution in [0.1, 0.15) is 39.2 Å². The van der Waals surface area contributed by atoms with Gasteiger partial charge in [-0.25, -0.2) is 0 Å². The van der Waals surface area contributed by atoms with Crippen LogP contribution in [0.2, 0.25) is 0 Å². The van der Waals surface area contributed by atoms with E-state index < -0.39 is 0 Å². The number of hydrogen-bond acceptors (Lipinski definition) is 2. The average Bonchev–Trinajstić information content (AvgIpc) is 2.28. The third-order valence-corrected chi connectivity index (χ3v) is 3.88. The van der Waals surface area contributed by atoms with E-state index in [1.807, 2.05) is 11.8 Å². The average molecular weight is 236 g/mol. The van der Waals surface area contributed by atoms with Crippen LogP contribution in [-0.2, 0) is 11.2 Å². The highest BCUT2D eigenvalue weighted by atomic mass is 32.2. The lowest BCUT2D eigenvalue weighted by Crippen LogP contribution is -1.94. The topological polar surface area (TPSA) is 17.1 Å². The lowest BCUT2D eigenvalue weighted by molar-refractivity contribution is -0.116. The molecule has 0 bridgehead atoms. The number of carbonyl (C=O) groups excluding carboxylic acids is 1. The van der Waals surface area contributed by atoms with Crippen LogP contribution in [-0.4, -0.2) is 11.0 Å². The molecule has 0 spiro atoms. The van der Waals surface area contributed by atoms with Crippen LogP contribution in [0.3, 0.4) is 0 Å². The van der Waals surface area contributed by atoms with Crippen molar-refractivity contribution < 1.29 is 4.79 Å². The Morgan fingerprint density at radius 3 is 2.44 bits per heavy atom. The van der Waals surface area contributed by atoms with Crippen molar-refractivity contribution in [3.8, 4) is 0 Å². The molecule has 1 rings (SSSR count). The van der Waals surface area contributed by atoms with E-state index >= 15 is 0 Å². The molecule has 0 saturated heterocycles. The Morgan fingerprint density at radius 2 is 1.94 bits per heavy atom. The minimum Gasteiger partial charge on any atom is -0.300 e. The molecule has 0 aliphatic heterocycles. The number of benzene rings is 1. The molecule has 0 amide bonds. The number of ketones is 1. The van der Waals surface area contributed by atoms with Gasteiger partial charge in [0.25, 0.3) is 0 Å². The largest absolute Gasteiger partial charge is 0.300 e. The van der Waals surface area contributed by atoms with E-state index in [9.17, 15) is 4.79 Å².